The quantitative estimate of drug-likeness (QED) is 0.596. The fraction of sp³-hybridized carbons (Fsp3) is 0.727. The van der Waals surface area contributed by atoms with E-state index in [1.807, 2.05) is 6.92 Å². The molecular formula is C22H32BrNO2. The lowest BCUT2D eigenvalue weighted by Crippen LogP contribution is -2.54. The Morgan fingerprint density at radius 2 is 1.62 bits per heavy atom. The lowest BCUT2D eigenvalue weighted by Gasteiger charge is -2.54. The average Bonchev–Trinajstić information content (AvgIpc) is 2.61. The van der Waals surface area contributed by atoms with Crippen molar-refractivity contribution < 1.29 is 9.47 Å². The molecular weight excluding hydrogens is 390 g/mol. The van der Waals surface area contributed by atoms with Gasteiger partial charge in [0.15, 0.2) is 11.5 Å². The van der Waals surface area contributed by atoms with Crippen molar-refractivity contribution in [3.05, 3.63) is 22.2 Å². The molecule has 4 aliphatic rings. The summed E-state index contributed by atoms with van der Waals surface area (Å²) in [4.78, 5) is 0. The van der Waals surface area contributed by atoms with Crippen molar-refractivity contribution in [2.75, 3.05) is 13.2 Å². The molecule has 1 aromatic carbocycles. The van der Waals surface area contributed by atoms with Gasteiger partial charge in [0.25, 0.3) is 0 Å². The highest BCUT2D eigenvalue weighted by Gasteiger charge is 2.47. The van der Waals surface area contributed by atoms with Gasteiger partial charge >= 0.3 is 0 Å². The Bertz CT molecular complexity index is 605. The van der Waals surface area contributed by atoms with Crippen molar-refractivity contribution in [3.63, 3.8) is 0 Å². The molecule has 0 radical (unpaired) electrons. The van der Waals surface area contributed by atoms with E-state index in [2.05, 4.69) is 40.3 Å². The number of benzene rings is 1. The number of hydrogen-bond donors (Lipinski definition) is 1. The van der Waals surface area contributed by atoms with Crippen molar-refractivity contribution in [2.24, 2.45) is 23.7 Å². The second-order valence-corrected chi connectivity index (χ2v) is 9.36. The monoisotopic (exact) mass is 421 g/mol. The molecule has 0 spiro atoms. The smallest absolute Gasteiger partial charge is 0.162 e. The zero-order chi connectivity index (χ0) is 18.1. The van der Waals surface area contributed by atoms with Crippen LogP contribution >= 0.6 is 15.9 Å². The minimum atomic E-state index is 0.659. The Balaban J connectivity index is 1.45. The molecule has 4 heteroatoms. The van der Waals surface area contributed by atoms with E-state index >= 15 is 0 Å². The van der Waals surface area contributed by atoms with Crippen LogP contribution < -0.4 is 14.8 Å². The zero-order valence-electron chi connectivity index (χ0n) is 16.1. The van der Waals surface area contributed by atoms with Crippen molar-refractivity contribution in [2.45, 2.75) is 65.0 Å². The summed E-state index contributed by atoms with van der Waals surface area (Å²) < 4.78 is 12.8. The molecule has 4 fully saturated rings. The molecule has 1 N–H and O–H groups in total. The Kier molecular flexibility index (Phi) is 5.80. The first-order chi connectivity index (χ1) is 12.7. The van der Waals surface area contributed by atoms with Crippen LogP contribution in [0.1, 0.15) is 57.9 Å². The molecule has 0 atom stereocenters. The lowest BCUT2D eigenvalue weighted by molar-refractivity contribution is -0.0142. The van der Waals surface area contributed by atoms with Gasteiger partial charge in [-0.2, -0.15) is 0 Å². The maximum Gasteiger partial charge on any atom is 0.162 e. The second kappa shape index (κ2) is 8.10. The summed E-state index contributed by atoms with van der Waals surface area (Å²) in [6.07, 6.45) is 8.35. The molecule has 0 aliphatic heterocycles. The standard InChI is InChI=1S/C22H32BrNO2/c1-3-5-26-21-12-19(23)18(11-20(21)25-4-2)13-24-22-16-7-14-6-15(9-16)10-17(22)8-14/h11-12,14-17,22,24H,3-10,13H2,1-2H3. The van der Waals surface area contributed by atoms with Gasteiger partial charge in [-0.3, -0.25) is 0 Å². The van der Waals surface area contributed by atoms with Crippen LogP contribution in [0, 0.1) is 23.7 Å². The highest BCUT2D eigenvalue weighted by Crippen LogP contribution is 2.53. The van der Waals surface area contributed by atoms with Gasteiger partial charge in [-0.05, 0) is 86.8 Å². The third-order valence-electron chi connectivity index (χ3n) is 6.63. The summed E-state index contributed by atoms with van der Waals surface area (Å²) in [6.45, 7) is 6.43. The van der Waals surface area contributed by atoms with E-state index in [4.69, 9.17) is 9.47 Å². The van der Waals surface area contributed by atoms with Crippen LogP contribution in [0.15, 0.2) is 16.6 Å². The summed E-state index contributed by atoms with van der Waals surface area (Å²) in [5, 5.41) is 3.93. The van der Waals surface area contributed by atoms with Gasteiger partial charge in [-0.25, -0.2) is 0 Å². The van der Waals surface area contributed by atoms with Crippen molar-refractivity contribution in [1.82, 2.24) is 5.32 Å². The van der Waals surface area contributed by atoms with Crippen LogP contribution in [-0.2, 0) is 6.54 Å². The molecule has 144 valence electrons. The molecule has 0 unspecified atom stereocenters. The van der Waals surface area contributed by atoms with Gasteiger partial charge in [-0.15, -0.1) is 0 Å². The highest BCUT2D eigenvalue weighted by atomic mass is 79.9. The summed E-state index contributed by atoms with van der Waals surface area (Å²) >= 11 is 3.75. The van der Waals surface area contributed by atoms with E-state index in [9.17, 15) is 0 Å². The first-order valence-electron chi connectivity index (χ1n) is 10.5. The first kappa shape index (κ1) is 18.6. The van der Waals surface area contributed by atoms with Crippen LogP contribution in [0.2, 0.25) is 0 Å². The van der Waals surface area contributed by atoms with E-state index < -0.39 is 0 Å². The Morgan fingerprint density at radius 1 is 0.962 bits per heavy atom. The van der Waals surface area contributed by atoms with Crippen LogP contribution in [0.4, 0.5) is 0 Å². The third-order valence-corrected chi connectivity index (χ3v) is 7.37. The van der Waals surface area contributed by atoms with Crippen molar-refractivity contribution >= 4 is 15.9 Å². The molecule has 0 amide bonds. The van der Waals surface area contributed by atoms with Crippen LogP contribution in [0.5, 0.6) is 11.5 Å². The minimum Gasteiger partial charge on any atom is -0.490 e. The number of hydrogen-bond acceptors (Lipinski definition) is 3. The molecule has 0 aromatic heterocycles. The first-order valence-corrected chi connectivity index (χ1v) is 11.3. The minimum absolute atomic E-state index is 0.659. The number of rotatable bonds is 8. The Labute approximate surface area is 166 Å². The van der Waals surface area contributed by atoms with Gasteiger partial charge in [0.1, 0.15) is 0 Å². The molecule has 3 nitrogen and oxygen atoms in total. The van der Waals surface area contributed by atoms with Crippen LogP contribution in [0.25, 0.3) is 0 Å². The average molecular weight is 422 g/mol. The molecule has 0 saturated heterocycles. The fourth-order valence-electron chi connectivity index (χ4n) is 5.79. The van der Waals surface area contributed by atoms with E-state index in [1.54, 1.807) is 0 Å². The number of nitrogens with one attached hydrogen (secondary N) is 1. The summed E-state index contributed by atoms with van der Waals surface area (Å²) in [7, 11) is 0. The Hall–Kier alpha value is -0.740. The number of ether oxygens (including phenoxy) is 2. The molecule has 0 heterocycles. The number of halogens is 1. The topological polar surface area (TPSA) is 30.5 Å². The summed E-state index contributed by atoms with van der Waals surface area (Å²) in [5.74, 6) is 5.58. The van der Waals surface area contributed by atoms with E-state index in [1.165, 1.54) is 37.7 Å². The highest BCUT2D eigenvalue weighted by molar-refractivity contribution is 9.10. The summed E-state index contributed by atoms with van der Waals surface area (Å²) in [5.41, 5.74) is 1.27. The van der Waals surface area contributed by atoms with E-state index in [-0.39, 0.29) is 0 Å². The molecule has 5 rings (SSSR count). The van der Waals surface area contributed by atoms with Crippen LogP contribution in [-0.4, -0.2) is 19.3 Å². The molecule has 4 aliphatic carbocycles. The largest absolute Gasteiger partial charge is 0.490 e. The van der Waals surface area contributed by atoms with E-state index in [0.717, 1.165) is 59.2 Å². The maximum absolute atomic E-state index is 5.87. The van der Waals surface area contributed by atoms with Gasteiger partial charge in [0, 0.05) is 17.1 Å². The molecule has 4 bridgehead atoms. The summed E-state index contributed by atoms with van der Waals surface area (Å²) in [6, 6.07) is 4.94. The lowest BCUT2D eigenvalue weighted by atomic mass is 9.54. The van der Waals surface area contributed by atoms with Crippen molar-refractivity contribution in [3.8, 4) is 11.5 Å². The van der Waals surface area contributed by atoms with Gasteiger partial charge < -0.3 is 14.8 Å². The van der Waals surface area contributed by atoms with Gasteiger partial charge in [-0.1, -0.05) is 22.9 Å². The predicted molar refractivity (Wildman–Crippen MR) is 109 cm³/mol. The molecule has 4 saturated carbocycles. The zero-order valence-corrected chi connectivity index (χ0v) is 17.7. The van der Waals surface area contributed by atoms with Crippen LogP contribution in [0.3, 0.4) is 0 Å². The van der Waals surface area contributed by atoms with Gasteiger partial charge in [0.05, 0.1) is 13.2 Å². The van der Waals surface area contributed by atoms with Gasteiger partial charge in [0.2, 0.25) is 0 Å². The SMILES string of the molecule is CCCOc1cc(Br)c(CNC2C3CC4CC(C3)CC2C4)cc1OCC. The predicted octanol–water partition coefficient (Wildman–Crippen LogP) is 5.55. The Morgan fingerprint density at radius 3 is 2.23 bits per heavy atom. The molecule has 26 heavy (non-hydrogen) atoms. The second-order valence-electron chi connectivity index (χ2n) is 8.51. The van der Waals surface area contributed by atoms with Crippen molar-refractivity contribution in [1.29, 1.82) is 0 Å². The normalized spacial score (nSPS) is 32.0. The maximum atomic E-state index is 5.87. The molecule has 1 aromatic rings. The fourth-order valence-corrected chi connectivity index (χ4v) is 6.25. The van der Waals surface area contributed by atoms with E-state index in [0.29, 0.717) is 12.6 Å². The third kappa shape index (κ3) is 3.77.